The fourth-order valence-electron chi connectivity index (χ4n) is 3.49. The number of thiazole rings is 1. The van der Waals surface area contributed by atoms with Crippen molar-refractivity contribution >= 4 is 43.2 Å². The lowest BCUT2D eigenvalue weighted by atomic mass is 10.0. The fourth-order valence-corrected chi connectivity index (χ4v) is 5.66. The summed E-state index contributed by atoms with van der Waals surface area (Å²) in [5.41, 5.74) is 1.17. The molecule has 2 N–H and O–H groups in total. The molecule has 1 amide bonds. The van der Waals surface area contributed by atoms with Crippen LogP contribution in [-0.4, -0.2) is 38.6 Å². The van der Waals surface area contributed by atoms with Gasteiger partial charge >= 0.3 is 0 Å². The van der Waals surface area contributed by atoms with Crippen molar-refractivity contribution in [1.82, 2.24) is 9.71 Å². The minimum absolute atomic E-state index is 0.0752. The maximum Gasteiger partial charge on any atom is 0.242 e. The number of amides is 1. The second-order valence-corrected chi connectivity index (χ2v) is 11.1. The van der Waals surface area contributed by atoms with E-state index in [4.69, 9.17) is 9.47 Å². The summed E-state index contributed by atoms with van der Waals surface area (Å²) in [5, 5.41) is 3.68. The second-order valence-electron chi connectivity index (χ2n) is 8.18. The van der Waals surface area contributed by atoms with Crippen LogP contribution in [0.25, 0.3) is 10.2 Å². The monoisotopic (exact) mass is 505 g/mol. The summed E-state index contributed by atoms with van der Waals surface area (Å²) in [4.78, 5) is 17.7. The van der Waals surface area contributed by atoms with Gasteiger partial charge in [-0.05, 0) is 63.4 Å². The van der Waals surface area contributed by atoms with Gasteiger partial charge in [-0.1, -0.05) is 13.8 Å². The minimum Gasteiger partial charge on any atom is -0.494 e. The minimum atomic E-state index is -3.95. The Bertz CT molecular complexity index is 1250. The van der Waals surface area contributed by atoms with E-state index in [1.807, 2.05) is 34.6 Å². The van der Waals surface area contributed by atoms with Crippen LogP contribution in [0.5, 0.6) is 11.5 Å². The largest absolute Gasteiger partial charge is 0.494 e. The van der Waals surface area contributed by atoms with Gasteiger partial charge in [-0.25, -0.2) is 13.4 Å². The highest BCUT2D eigenvalue weighted by Crippen LogP contribution is 2.30. The predicted molar refractivity (Wildman–Crippen MR) is 135 cm³/mol. The Kier molecular flexibility index (Phi) is 8.51. The summed E-state index contributed by atoms with van der Waals surface area (Å²) in [6.07, 6.45) is 0.322. The van der Waals surface area contributed by atoms with Crippen LogP contribution < -0.4 is 19.5 Å². The van der Waals surface area contributed by atoms with Gasteiger partial charge in [0.1, 0.15) is 17.5 Å². The molecule has 184 valence electrons. The lowest BCUT2D eigenvalue weighted by Gasteiger charge is -2.21. The number of carbonyl (C=O) groups excluding carboxylic acids is 1. The van der Waals surface area contributed by atoms with Gasteiger partial charge < -0.3 is 14.8 Å². The molecule has 0 aliphatic rings. The summed E-state index contributed by atoms with van der Waals surface area (Å²) in [5.74, 6) is 0.666. The van der Waals surface area contributed by atoms with Crippen molar-refractivity contribution in [2.24, 2.45) is 5.92 Å². The second kappa shape index (κ2) is 11.2. The van der Waals surface area contributed by atoms with Crippen molar-refractivity contribution in [2.45, 2.75) is 52.0 Å². The quantitative estimate of drug-likeness (QED) is 0.390. The molecule has 8 nitrogen and oxygen atoms in total. The van der Waals surface area contributed by atoms with E-state index in [0.29, 0.717) is 36.8 Å². The number of anilines is 1. The standard InChI is InChI=1S/C24H31N3O5S2/c1-6-31-17-8-11-22(32-7-2)20(13-17)26-24(28)21(12-15(3)4)27-34(29,30)18-9-10-19-23(14-18)33-16(5)25-19/h8-11,13-15,21,27H,6-7,12H2,1-5H3,(H,26,28)/t21-/m1/s1. The molecule has 0 saturated carbocycles. The van der Waals surface area contributed by atoms with E-state index in [2.05, 4.69) is 15.0 Å². The Morgan fingerprint density at radius 1 is 1.09 bits per heavy atom. The number of hydrogen-bond acceptors (Lipinski definition) is 7. The van der Waals surface area contributed by atoms with E-state index in [9.17, 15) is 13.2 Å². The summed E-state index contributed by atoms with van der Waals surface area (Å²) in [6.45, 7) is 10.3. The van der Waals surface area contributed by atoms with E-state index in [0.717, 1.165) is 15.2 Å². The number of fused-ring (bicyclic) bond motifs is 1. The maximum absolute atomic E-state index is 13.3. The first-order chi connectivity index (χ1) is 16.1. The van der Waals surface area contributed by atoms with E-state index in [-0.39, 0.29) is 10.8 Å². The van der Waals surface area contributed by atoms with Crippen LogP contribution in [0.2, 0.25) is 0 Å². The van der Waals surface area contributed by atoms with Gasteiger partial charge in [0.05, 0.1) is 39.0 Å². The summed E-state index contributed by atoms with van der Waals surface area (Å²) in [6, 6.07) is 8.95. The zero-order valence-electron chi connectivity index (χ0n) is 20.0. The molecule has 10 heteroatoms. The van der Waals surface area contributed by atoms with Crippen molar-refractivity contribution in [3.63, 3.8) is 0 Å². The molecule has 0 aliphatic heterocycles. The number of sulfonamides is 1. The first-order valence-electron chi connectivity index (χ1n) is 11.2. The summed E-state index contributed by atoms with van der Waals surface area (Å²) >= 11 is 1.42. The molecule has 3 rings (SSSR count). The maximum atomic E-state index is 13.3. The third kappa shape index (κ3) is 6.46. The van der Waals surface area contributed by atoms with Crippen LogP contribution in [0.4, 0.5) is 5.69 Å². The number of rotatable bonds is 11. The first kappa shape index (κ1) is 25.9. The fraction of sp³-hybridized carbons (Fsp3) is 0.417. The number of aryl methyl sites for hydroxylation is 1. The molecular formula is C24H31N3O5S2. The zero-order valence-corrected chi connectivity index (χ0v) is 21.7. The lowest BCUT2D eigenvalue weighted by Crippen LogP contribution is -2.44. The average Bonchev–Trinajstić information content (AvgIpc) is 3.14. The zero-order chi connectivity index (χ0) is 24.9. The van der Waals surface area contributed by atoms with Crippen LogP contribution in [0, 0.1) is 12.8 Å². The number of carbonyl (C=O) groups is 1. The number of nitrogens with one attached hydrogen (secondary N) is 2. The smallest absolute Gasteiger partial charge is 0.242 e. The average molecular weight is 506 g/mol. The number of ether oxygens (including phenoxy) is 2. The highest BCUT2D eigenvalue weighted by Gasteiger charge is 2.28. The van der Waals surface area contributed by atoms with Crippen molar-refractivity contribution < 1.29 is 22.7 Å². The predicted octanol–water partition coefficient (Wildman–Crippen LogP) is 4.73. The molecule has 0 aliphatic carbocycles. The molecule has 0 bridgehead atoms. The van der Waals surface area contributed by atoms with E-state index < -0.39 is 22.0 Å². The van der Waals surface area contributed by atoms with Crippen molar-refractivity contribution in [1.29, 1.82) is 0 Å². The molecule has 2 aromatic carbocycles. The van der Waals surface area contributed by atoms with E-state index in [1.54, 1.807) is 30.3 Å². The van der Waals surface area contributed by atoms with Gasteiger partial charge in [0.15, 0.2) is 0 Å². The van der Waals surface area contributed by atoms with Gasteiger partial charge in [0.25, 0.3) is 0 Å². The van der Waals surface area contributed by atoms with Crippen molar-refractivity contribution in [3.8, 4) is 11.5 Å². The Morgan fingerprint density at radius 3 is 2.50 bits per heavy atom. The molecular weight excluding hydrogens is 474 g/mol. The van der Waals surface area contributed by atoms with Crippen LogP contribution in [-0.2, 0) is 14.8 Å². The summed E-state index contributed by atoms with van der Waals surface area (Å²) in [7, 11) is -3.95. The third-order valence-corrected chi connectivity index (χ3v) is 7.32. The molecule has 0 unspecified atom stereocenters. The van der Waals surface area contributed by atoms with Gasteiger partial charge in [0.2, 0.25) is 15.9 Å². The summed E-state index contributed by atoms with van der Waals surface area (Å²) < 4.78 is 40.9. The molecule has 0 radical (unpaired) electrons. The van der Waals surface area contributed by atoms with E-state index >= 15 is 0 Å². The van der Waals surface area contributed by atoms with Gasteiger partial charge in [-0.3, -0.25) is 4.79 Å². The molecule has 1 heterocycles. The number of hydrogen-bond donors (Lipinski definition) is 2. The van der Waals surface area contributed by atoms with Gasteiger partial charge in [0, 0.05) is 6.07 Å². The highest BCUT2D eigenvalue weighted by atomic mass is 32.2. The molecule has 1 aromatic heterocycles. The number of nitrogens with zero attached hydrogens (tertiary/aromatic N) is 1. The van der Waals surface area contributed by atoms with E-state index in [1.165, 1.54) is 17.4 Å². The molecule has 1 atom stereocenters. The van der Waals surface area contributed by atoms with Crippen molar-refractivity contribution in [3.05, 3.63) is 41.4 Å². The SMILES string of the molecule is CCOc1ccc(OCC)c(NC(=O)[C@@H](CC(C)C)NS(=O)(=O)c2ccc3nc(C)sc3c2)c1. The van der Waals surface area contributed by atoms with Crippen LogP contribution in [0.15, 0.2) is 41.3 Å². The van der Waals surface area contributed by atoms with Crippen LogP contribution >= 0.6 is 11.3 Å². The first-order valence-corrected chi connectivity index (χ1v) is 13.5. The lowest BCUT2D eigenvalue weighted by molar-refractivity contribution is -0.118. The molecule has 34 heavy (non-hydrogen) atoms. The van der Waals surface area contributed by atoms with Gasteiger partial charge in [-0.15, -0.1) is 11.3 Å². The van der Waals surface area contributed by atoms with Crippen LogP contribution in [0.3, 0.4) is 0 Å². The normalized spacial score (nSPS) is 12.6. The Hall–Kier alpha value is -2.69. The topological polar surface area (TPSA) is 107 Å². The number of aromatic nitrogens is 1. The van der Waals surface area contributed by atoms with Gasteiger partial charge in [-0.2, -0.15) is 4.72 Å². The third-order valence-electron chi connectivity index (χ3n) is 4.92. The van der Waals surface area contributed by atoms with Crippen LogP contribution in [0.1, 0.15) is 39.1 Å². The number of benzene rings is 2. The molecule has 0 fully saturated rings. The molecule has 0 saturated heterocycles. The Morgan fingerprint density at radius 2 is 1.82 bits per heavy atom. The van der Waals surface area contributed by atoms with Crippen molar-refractivity contribution in [2.75, 3.05) is 18.5 Å². The molecule has 3 aromatic rings. The Balaban J connectivity index is 1.87. The highest BCUT2D eigenvalue weighted by molar-refractivity contribution is 7.89. The molecule has 0 spiro atoms. The Labute approximate surface area is 204 Å².